The average molecular weight is 231 g/mol. The minimum Gasteiger partial charge on any atom is -0.481 e. The fraction of sp³-hybridized carbons (Fsp3) is 0.500. The van der Waals surface area contributed by atoms with E-state index in [0.717, 1.165) is 24.8 Å². The van der Waals surface area contributed by atoms with Gasteiger partial charge in [-0.25, -0.2) is 0 Å². The topological polar surface area (TPSA) is 63.3 Å². The molecule has 2 aliphatic rings. The molecule has 3 heteroatoms. The molecule has 3 rings (SSSR count). The first-order chi connectivity index (χ1) is 8.17. The maximum atomic E-state index is 11.8. The van der Waals surface area contributed by atoms with Gasteiger partial charge in [0.05, 0.1) is 0 Å². The maximum Gasteiger partial charge on any atom is 0.316 e. The van der Waals surface area contributed by atoms with Crippen LogP contribution in [0.15, 0.2) is 30.3 Å². The number of benzene rings is 1. The van der Waals surface area contributed by atoms with Gasteiger partial charge in [0.15, 0.2) is 0 Å². The number of hydrogen-bond donors (Lipinski definition) is 2. The monoisotopic (exact) mass is 231 g/mol. The molecule has 3 nitrogen and oxygen atoms in total. The lowest BCUT2D eigenvalue weighted by Gasteiger charge is -2.39. The maximum absolute atomic E-state index is 11.8. The number of carbonyl (C=O) groups is 1. The molecule has 0 radical (unpaired) electrons. The normalized spacial score (nSPS) is 39.5. The molecule has 0 aliphatic heterocycles. The quantitative estimate of drug-likeness (QED) is 0.815. The zero-order valence-corrected chi connectivity index (χ0v) is 9.67. The molecule has 0 saturated heterocycles. The van der Waals surface area contributed by atoms with E-state index in [1.165, 1.54) is 0 Å². The van der Waals surface area contributed by atoms with E-state index in [9.17, 15) is 9.90 Å². The molecule has 1 aromatic rings. The summed E-state index contributed by atoms with van der Waals surface area (Å²) in [7, 11) is 0. The predicted octanol–water partition coefficient (Wildman–Crippen LogP) is 1.77. The molecule has 2 bridgehead atoms. The van der Waals surface area contributed by atoms with Gasteiger partial charge in [0.25, 0.3) is 0 Å². The second-order valence-electron chi connectivity index (χ2n) is 5.34. The molecule has 4 atom stereocenters. The van der Waals surface area contributed by atoms with Crippen molar-refractivity contribution >= 4 is 5.97 Å². The van der Waals surface area contributed by atoms with Crippen LogP contribution in [0.3, 0.4) is 0 Å². The van der Waals surface area contributed by atoms with Gasteiger partial charge in [-0.3, -0.25) is 4.79 Å². The second kappa shape index (κ2) is 3.57. The van der Waals surface area contributed by atoms with Gasteiger partial charge in [0.2, 0.25) is 0 Å². The van der Waals surface area contributed by atoms with Crippen LogP contribution < -0.4 is 5.73 Å². The highest BCUT2D eigenvalue weighted by Crippen LogP contribution is 2.56. The van der Waals surface area contributed by atoms with Crippen molar-refractivity contribution in [1.82, 2.24) is 0 Å². The summed E-state index contributed by atoms with van der Waals surface area (Å²) in [6.07, 6.45) is 3.07. The van der Waals surface area contributed by atoms with E-state index in [2.05, 4.69) is 0 Å². The Hall–Kier alpha value is -1.35. The van der Waals surface area contributed by atoms with Crippen molar-refractivity contribution in [2.45, 2.75) is 30.7 Å². The Morgan fingerprint density at radius 3 is 2.53 bits per heavy atom. The van der Waals surface area contributed by atoms with Crippen LogP contribution in [0.4, 0.5) is 0 Å². The molecule has 90 valence electrons. The second-order valence-corrected chi connectivity index (χ2v) is 5.34. The van der Waals surface area contributed by atoms with Crippen molar-refractivity contribution in [2.75, 3.05) is 0 Å². The lowest BCUT2D eigenvalue weighted by atomic mass is 9.66. The molecular weight excluding hydrogens is 214 g/mol. The van der Waals surface area contributed by atoms with E-state index >= 15 is 0 Å². The smallest absolute Gasteiger partial charge is 0.316 e. The fourth-order valence-corrected chi connectivity index (χ4v) is 3.98. The van der Waals surface area contributed by atoms with E-state index in [0.29, 0.717) is 5.92 Å². The van der Waals surface area contributed by atoms with Gasteiger partial charge in [-0.1, -0.05) is 30.3 Å². The van der Waals surface area contributed by atoms with Gasteiger partial charge >= 0.3 is 5.97 Å². The highest BCUT2D eigenvalue weighted by molar-refractivity contribution is 5.84. The lowest BCUT2D eigenvalue weighted by molar-refractivity contribution is -0.146. The molecule has 2 fully saturated rings. The number of fused-ring (bicyclic) bond motifs is 2. The summed E-state index contributed by atoms with van der Waals surface area (Å²) in [5, 5.41) is 9.73. The van der Waals surface area contributed by atoms with Crippen LogP contribution in [0.25, 0.3) is 0 Å². The van der Waals surface area contributed by atoms with Gasteiger partial charge in [0.1, 0.15) is 5.41 Å². The molecule has 2 saturated carbocycles. The van der Waals surface area contributed by atoms with Crippen LogP contribution in [-0.2, 0) is 10.2 Å². The van der Waals surface area contributed by atoms with Gasteiger partial charge in [-0.2, -0.15) is 0 Å². The van der Waals surface area contributed by atoms with Gasteiger partial charge in [-0.15, -0.1) is 0 Å². The Morgan fingerprint density at radius 2 is 2.00 bits per heavy atom. The first kappa shape index (κ1) is 10.8. The minimum absolute atomic E-state index is 0.211. The molecule has 0 spiro atoms. The summed E-state index contributed by atoms with van der Waals surface area (Å²) < 4.78 is 0. The minimum atomic E-state index is -0.843. The number of carboxylic acids is 1. The van der Waals surface area contributed by atoms with E-state index in [-0.39, 0.29) is 12.0 Å². The zero-order valence-electron chi connectivity index (χ0n) is 9.67. The van der Waals surface area contributed by atoms with Crippen LogP contribution in [0.2, 0.25) is 0 Å². The van der Waals surface area contributed by atoms with E-state index < -0.39 is 11.4 Å². The van der Waals surface area contributed by atoms with Crippen LogP contribution >= 0.6 is 0 Å². The molecule has 2 aliphatic carbocycles. The van der Waals surface area contributed by atoms with Crippen LogP contribution in [0.5, 0.6) is 0 Å². The third-order valence-electron chi connectivity index (χ3n) is 4.76. The third-order valence-corrected chi connectivity index (χ3v) is 4.76. The Morgan fingerprint density at radius 1 is 1.29 bits per heavy atom. The van der Waals surface area contributed by atoms with E-state index in [1.54, 1.807) is 0 Å². The number of aliphatic carboxylic acids is 1. The molecule has 0 amide bonds. The summed E-state index contributed by atoms with van der Waals surface area (Å²) in [4.78, 5) is 11.8. The van der Waals surface area contributed by atoms with Crippen molar-refractivity contribution in [1.29, 1.82) is 0 Å². The first-order valence-corrected chi connectivity index (χ1v) is 6.22. The van der Waals surface area contributed by atoms with Crippen molar-refractivity contribution in [3.05, 3.63) is 35.9 Å². The summed E-state index contributed by atoms with van der Waals surface area (Å²) in [6.45, 7) is 0. The Kier molecular flexibility index (Phi) is 2.26. The van der Waals surface area contributed by atoms with Crippen molar-refractivity contribution in [3.63, 3.8) is 0 Å². The fourth-order valence-electron chi connectivity index (χ4n) is 3.98. The lowest BCUT2D eigenvalue weighted by Crippen LogP contribution is -2.55. The predicted molar refractivity (Wildman–Crippen MR) is 64.6 cm³/mol. The SMILES string of the molecule is N[C@@H]1[C@@H]2CC[C@@H](C2)[C@]1(C(=O)O)c1ccccc1. The first-order valence-electron chi connectivity index (χ1n) is 6.22. The van der Waals surface area contributed by atoms with Crippen LogP contribution in [0, 0.1) is 11.8 Å². The van der Waals surface area contributed by atoms with Crippen molar-refractivity contribution in [2.24, 2.45) is 17.6 Å². The van der Waals surface area contributed by atoms with Gasteiger partial charge < -0.3 is 10.8 Å². The molecule has 0 heterocycles. The average Bonchev–Trinajstić information content (AvgIpc) is 2.90. The molecule has 0 aromatic heterocycles. The molecule has 17 heavy (non-hydrogen) atoms. The number of rotatable bonds is 2. The molecule has 1 aromatic carbocycles. The Labute approximate surface area is 101 Å². The van der Waals surface area contributed by atoms with Crippen molar-refractivity contribution < 1.29 is 9.90 Å². The highest BCUT2D eigenvalue weighted by atomic mass is 16.4. The number of carboxylic acid groups (broad SMARTS) is 1. The number of nitrogens with two attached hydrogens (primary N) is 1. The van der Waals surface area contributed by atoms with Crippen LogP contribution in [0.1, 0.15) is 24.8 Å². The standard InChI is InChI=1S/C14H17NO2/c15-12-9-6-7-11(8-9)14(12,13(16)17)10-4-2-1-3-5-10/h1-5,9,11-12H,6-8,15H2,(H,16,17)/t9-,11+,12-,14-/m1/s1. The molecule has 0 unspecified atom stereocenters. The summed E-state index contributed by atoms with van der Waals surface area (Å²) in [6, 6.07) is 9.31. The van der Waals surface area contributed by atoms with Gasteiger partial charge in [-0.05, 0) is 36.7 Å². The Bertz CT molecular complexity index is 441. The van der Waals surface area contributed by atoms with Crippen molar-refractivity contribution in [3.8, 4) is 0 Å². The summed E-state index contributed by atoms with van der Waals surface area (Å²) >= 11 is 0. The van der Waals surface area contributed by atoms with E-state index in [4.69, 9.17) is 5.73 Å². The molecule has 3 N–H and O–H groups in total. The van der Waals surface area contributed by atoms with Gasteiger partial charge in [0, 0.05) is 6.04 Å². The summed E-state index contributed by atoms with van der Waals surface area (Å²) in [5.74, 6) is -0.151. The summed E-state index contributed by atoms with van der Waals surface area (Å²) in [5.41, 5.74) is 6.29. The third kappa shape index (κ3) is 1.23. The van der Waals surface area contributed by atoms with Crippen LogP contribution in [-0.4, -0.2) is 17.1 Å². The molecular formula is C14H17NO2. The number of hydrogen-bond acceptors (Lipinski definition) is 2. The largest absolute Gasteiger partial charge is 0.481 e. The zero-order chi connectivity index (χ0) is 12.0. The highest BCUT2D eigenvalue weighted by Gasteiger charge is 2.62. The Balaban J connectivity index is 2.15. The van der Waals surface area contributed by atoms with E-state index in [1.807, 2.05) is 30.3 Å².